The fourth-order valence-electron chi connectivity index (χ4n) is 2.25. The SMILES string of the molecule is CCCCN1CCC(C(F)(F)CC)CC1. The third kappa shape index (κ3) is 3.71. The molecular weight excluding hydrogens is 196 g/mol. The van der Waals surface area contributed by atoms with Crippen molar-refractivity contribution in [1.29, 1.82) is 0 Å². The van der Waals surface area contributed by atoms with Crippen molar-refractivity contribution in [2.75, 3.05) is 19.6 Å². The van der Waals surface area contributed by atoms with Crippen LogP contribution in [0.5, 0.6) is 0 Å². The van der Waals surface area contributed by atoms with Gasteiger partial charge in [-0.2, -0.15) is 0 Å². The van der Waals surface area contributed by atoms with Crippen LogP contribution in [-0.2, 0) is 0 Å². The van der Waals surface area contributed by atoms with Crippen LogP contribution >= 0.6 is 0 Å². The van der Waals surface area contributed by atoms with Crippen LogP contribution in [0.1, 0.15) is 46.0 Å². The number of likely N-dealkylation sites (tertiary alicyclic amines) is 1. The first-order valence-electron chi connectivity index (χ1n) is 6.20. The molecule has 0 aromatic carbocycles. The Morgan fingerprint density at radius 2 is 1.80 bits per heavy atom. The summed E-state index contributed by atoms with van der Waals surface area (Å²) in [6.45, 7) is 6.56. The predicted octanol–water partition coefficient (Wildman–Crippen LogP) is 3.54. The average molecular weight is 219 g/mol. The fourth-order valence-corrected chi connectivity index (χ4v) is 2.25. The lowest BCUT2D eigenvalue weighted by Gasteiger charge is -2.35. The molecule has 1 nitrogen and oxygen atoms in total. The van der Waals surface area contributed by atoms with Gasteiger partial charge in [0.1, 0.15) is 0 Å². The van der Waals surface area contributed by atoms with Crippen molar-refractivity contribution in [2.24, 2.45) is 5.92 Å². The van der Waals surface area contributed by atoms with E-state index in [2.05, 4.69) is 11.8 Å². The number of hydrogen-bond acceptors (Lipinski definition) is 1. The average Bonchev–Trinajstić information content (AvgIpc) is 2.27. The van der Waals surface area contributed by atoms with Crippen LogP contribution in [0.15, 0.2) is 0 Å². The van der Waals surface area contributed by atoms with E-state index in [-0.39, 0.29) is 12.3 Å². The van der Waals surface area contributed by atoms with Gasteiger partial charge in [-0.15, -0.1) is 0 Å². The van der Waals surface area contributed by atoms with Crippen LogP contribution in [0.3, 0.4) is 0 Å². The standard InChI is InChI=1S/C12H23F2N/c1-3-5-8-15-9-6-11(7-10-15)12(13,14)4-2/h11H,3-10H2,1-2H3. The molecular formula is C12H23F2N. The number of rotatable bonds is 5. The molecule has 0 bridgehead atoms. The Balaban J connectivity index is 2.29. The molecule has 1 rings (SSSR count). The van der Waals surface area contributed by atoms with E-state index in [1.165, 1.54) is 12.8 Å². The summed E-state index contributed by atoms with van der Waals surface area (Å²) in [4.78, 5) is 2.33. The lowest BCUT2D eigenvalue weighted by Crippen LogP contribution is -2.40. The topological polar surface area (TPSA) is 3.24 Å². The zero-order valence-electron chi connectivity index (χ0n) is 9.94. The monoisotopic (exact) mass is 219 g/mol. The smallest absolute Gasteiger partial charge is 0.250 e. The van der Waals surface area contributed by atoms with Crippen molar-refractivity contribution < 1.29 is 8.78 Å². The van der Waals surface area contributed by atoms with Crippen LogP contribution in [0, 0.1) is 5.92 Å². The molecule has 1 fully saturated rings. The Morgan fingerprint density at radius 3 is 2.27 bits per heavy atom. The summed E-state index contributed by atoms with van der Waals surface area (Å²) in [7, 11) is 0. The summed E-state index contributed by atoms with van der Waals surface area (Å²) in [5, 5.41) is 0. The minimum absolute atomic E-state index is 0.00731. The Hall–Kier alpha value is -0.180. The van der Waals surface area contributed by atoms with E-state index in [1.54, 1.807) is 6.92 Å². The van der Waals surface area contributed by atoms with Gasteiger partial charge in [0, 0.05) is 12.3 Å². The van der Waals surface area contributed by atoms with Gasteiger partial charge in [-0.3, -0.25) is 0 Å². The minimum atomic E-state index is -2.43. The molecule has 3 heteroatoms. The van der Waals surface area contributed by atoms with Gasteiger partial charge in [0.15, 0.2) is 0 Å². The summed E-state index contributed by atoms with van der Waals surface area (Å²) >= 11 is 0. The molecule has 0 N–H and O–H groups in total. The van der Waals surface area contributed by atoms with E-state index >= 15 is 0 Å². The Kier molecular flexibility index (Phi) is 4.97. The molecule has 1 saturated heterocycles. The zero-order valence-corrected chi connectivity index (χ0v) is 9.94. The van der Waals surface area contributed by atoms with E-state index in [9.17, 15) is 8.78 Å². The highest BCUT2D eigenvalue weighted by Gasteiger charge is 2.38. The highest BCUT2D eigenvalue weighted by Crippen LogP contribution is 2.35. The van der Waals surface area contributed by atoms with Crippen molar-refractivity contribution in [3.05, 3.63) is 0 Å². The fraction of sp³-hybridized carbons (Fsp3) is 1.00. The van der Waals surface area contributed by atoms with Gasteiger partial charge in [-0.05, 0) is 38.9 Å². The van der Waals surface area contributed by atoms with E-state index < -0.39 is 5.92 Å². The molecule has 15 heavy (non-hydrogen) atoms. The molecule has 1 aliphatic rings. The predicted molar refractivity (Wildman–Crippen MR) is 59.3 cm³/mol. The molecule has 1 heterocycles. The first-order chi connectivity index (χ1) is 7.10. The summed E-state index contributed by atoms with van der Waals surface area (Å²) < 4.78 is 26.8. The van der Waals surface area contributed by atoms with Crippen molar-refractivity contribution in [3.63, 3.8) is 0 Å². The van der Waals surface area contributed by atoms with Gasteiger partial charge in [-0.25, -0.2) is 8.78 Å². The van der Waals surface area contributed by atoms with E-state index in [1.807, 2.05) is 0 Å². The Labute approximate surface area is 91.8 Å². The molecule has 0 saturated carbocycles. The second kappa shape index (κ2) is 5.78. The van der Waals surface area contributed by atoms with Gasteiger partial charge in [0.2, 0.25) is 0 Å². The van der Waals surface area contributed by atoms with Crippen molar-refractivity contribution in [3.8, 4) is 0 Å². The minimum Gasteiger partial charge on any atom is -0.303 e. The number of nitrogens with zero attached hydrogens (tertiary/aromatic N) is 1. The summed E-state index contributed by atoms with van der Waals surface area (Å²) in [6, 6.07) is 0. The molecule has 0 spiro atoms. The van der Waals surface area contributed by atoms with Gasteiger partial charge < -0.3 is 4.90 Å². The largest absolute Gasteiger partial charge is 0.303 e. The molecule has 1 aliphatic heterocycles. The van der Waals surface area contributed by atoms with Crippen molar-refractivity contribution in [1.82, 2.24) is 4.90 Å². The first-order valence-corrected chi connectivity index (χ1v) is 6.20. The second-order valence-corrected chi connectivity index (χ2v) is 4.58. The molecule has 0 aliphatic carbocycles. The van der Waals surface area contributed by atoms with E-state index in [0.29, 0.717) is 12.8 Å². The van der Waals surface area contributed by atoms with Crippen molar-refractivity contribution >= 4 is 0 Å². The number of halogens is 2. The summed E-state index contributed by atoms with van der Waals surface area (Å²) in [6.07, 6.45) is 3.71. The maximum absolute atomic E-state index is 13.4. The number of alkyl halides is 2. The lowest BCUT2D eigenvalue weighted by molar-refractivity contribution is -0.0810. The highest BCUT2D eigenvalue weighted by molar-refractivity contribution is 4.81. The molecule has 0 unspecified atom stereocenters. The highest BCUT2D eigenvalue weighted by atomic mass is 19.3. The first kappa shape index (κ1) is 12.9. The number of unbranched alkanes of at least 4 members (excludes halogenated alkanes) is 1. The third-order valence-corrected chi connectivity index (χ3v) is 3.48. The van der Waals surface area contributed by atoms with Crippen LogP contribution in [0.2, 0.25) is 0 Å². The number of piperidine rings is 1. The number of hydrogen-bond donors (Lipinski definition) is 0. The summed E-state index contributed by atoms with van der Waals surface area (Å²) in [5.41, 5.74) is 0. The molecule has 0 radical (unpaired) electrons. The quantitative estimate of drug-likeness (QED) is 0.683. The van der Waals surface area contributed by atoms with Gasteiger partial charge in [0.05, 0.1) is 0 Å². The normalized spacial score (nSPS) is 20.8. The Morgan fingerprint density at radius 1 is 1.20 bits per heavy atom. The molecule has 0 atom stereocenters. The maximum Gasteiger partial charge on any atom is 0.250 e. The van der Waals surface area contributed by atoms with E-state index in [0.717, 1.165) is 19.6 Å². The second-order valence-electron chi connectivity index (χ2n) is 4.58. The van der Waals surface area contributed by atoms with Gasteiger partial charge >= 0.3 is 0 Å². The maximum atomic E-state index is 13.4. The molecule has 0 aromatic heterocycles. The van der Waals surface area contributed by atoms with Gasteiger partial charge in [0.25, 0.3) is 5.92 Å². The molecule has 0 amide bonds. The van der Waals surface area contributed by atoms with Gasteiger partial charge in [-0.1, -0.05) is 20.3 Å². The van der Waals surface area contributed by atoms with Crippen LogP contribution in [0.25, 0.3) is 0 Å². The van der Waals surface area contributed by atoms with Crippen molar-refractivity contribution in [2.45, 2.75) is 51.9 Å². The molecule has 0 aromatic rings. The zero-order chi connectivity index (χ0) is 11.3. The van der Waals surface area contributed by atoms with Crippen LogP contribution < -0.4 is 0 Å². The van der Waals surface area contributed by atoms with Crippen LogP contribution in [0.4, 0.5) is 8.78 Å². The Bertz CT molecular complexity index is 174. The lowest BCUT2D eigenvalue weighted by atomic mass is 9.89. The van der Waals surface area contributed by atoms with E-state index in [4.69, 9.17) is 0 Å². The molecule has 90 valence electrons. The third-order valence-electron chi connectivity index (χ3n) is 3.48. The summed E-state index contributed by atoms with van der Waals surface area (Å²) in [5.74, 6) is -2.81. The van der Waals surface area contributed by atoms with Crippen LogP contribution in [-0.4, -0.2) is 30.5 Å².